The van der Waals surface area contributed by atoms with E-state index in [0.29, 0.717) is 5.75 Å². The van der Waals surface area contributed by atoms with Gasteiger partial charge in [-0.2, -0.15) is 12.6 Å². The highest BCUT2D eigenvalue weighted by molar-refractivity contribution is 7.81. The van der Waals surface area contributed by atoms with Gasteiger partial charge in [0, 0.05) is 5.75 Å². The van der Waals surface area contributed by atoms with Crippen LogP contribution in [0.4, 0.5) is 0 Å². The Morgan fingerprint density at radius 1 is 1.73 bits per heavy atom. The molecule has 1 atom stereocenters. The third kappa shape index (κ3) is 5.47. The molecule has 0 aromatic rings. The second-order valence-corrected chi connectivity index (χ2v) is 3.16. The Morgan fingerprint density at radius 3 is 2.73 bits per heavy atom. The summed E-state index contributed by atoms with van der Waals surface area (Å²) in [6.07, 6.45) is 2.25. The Kier molecular flexibility index (Phi) is 7.01. The summed E-state index contributed by atoms with van der Waals surface area (Å²) in [5, 5.41) is 12.0. The molecule has 0 rings (SSSR count). The van der Waals surface area contributed by atoms with Gasteiger partial charge in [-0.05, 0) is 25.2 Å². The van der Waals surface area contributed by atoms with Crippen LogP contribution in [0.2, 0.25) is 0 Å². The van der Waals surface area contributed by atoms with Gasteiger partial charge in [-0.3, -0.25) is 0 Å². The summed E-state index contributed by atoms with van der Waals surface area (Å²) in [6.45, 7) is 3.01. The highest BCUT2D eigenvalue weighted by Gasteiger charge is 2.08. The van der Waals surface area contributed by atoms with Gasteiger partial charge >= 0.3 is 0 Å². The fourth-order valence-corrected chi connectivity index (χ4v) is 1.28. The summed E-state index contributed by atoms with van der Waals surface area (Å²) >= 11 is 8.66. The Morgan fingerprint density at radius 2 is 2.36 bits per heavy atom. The lowest BCUT2D eigenvalue weighted by Crippen LogP contribution is -2.37. The summed E-state index contributed by atoms with van der Waals surface area (Å²) < 4.78 is 0. The molecular formula is C7H15NOS2. The molecule has 2 N–H and O–H groups in total. The Hall–Kier alpha value is 0.200. The first-order chi connectivity index (χ1) is 5.22. The summed E-state index contributed by atoms with van der Waals surface area (Å²) in [7, 11) is 0. The summed E-state index contributed by atoms with van der Waals surface area (Å²) in [6, 6.07) is -0.125. The zero-order chi connectivity index (χ0) is 8.69. The summed E-state index contributed by atoms with van der Waals surface area (Å²) in [5.74, 6) is 0.555. The molecule has 0 aliphatic heterocycles. The van der Waals surface area contributed by atoms with Crippen molar-refractivity contribution in [1.82, 2.24) is 5.32 Å². The van der Waals surface area contributed by atoms with E-state index in [-0.39, 0.29) is 11.1 Å². The van der Waals surface area contributed by atoms with E-state index in [4.69, 9.17) is 5.11 Å². The van der Waals surface area contributed by atoms with E-state index in [0.717, 1.165) is 19.4 Å². The smallest absolute Gasteiger partial charge is 0.174 e. The van der Waals surface area contributed by atoms with Crippen LogP contribution < -0.4 is 5.32 Å². The number of thiocarbonyl (C=S) groups is 1. The lowest BCUT2D eigenvalue weighted by Gasteiger charge is -2.12. The van der Waals surface area contributed by atoms with Crippen LogP contribution in [0.3, 0.4) is 0 Å². The van der Waals surface area contributed by atoms with Gasteiger partial charge in [-0.1, -0.05) is 13.3 Å². The maximum absolute atomic E-state index is 8.93. The molecule has 0 aromatic heterocycles. The minimum Gasteiger partial charge on any atom is -0.501 e. The van der Waals surface area contributed by atoms with E-state index in [1.54, 1.807) is 0 Å². The monoisotopic (exact) mass is 193 g/mol. The Labute approximate surface area is 78.8 Å². The number of thiol groups is 1. The number of unbranched alkanes of at least 4 members (excludes halogenated alkanes) is 1. The van der Waals surface area contributed by atoms with Gasteiger partial charge in [0.15, 0.2) is 5.05 Å². The predicted molar refractivity (Wildman–Crippen MR) is 55.8 cm³/mol. The van der Waals surface area contributed by atoms with Crippen LogP contribution in [0, 0.1) is 0 Å². The molecule has 0 fully saturated rings. The fourth-order valence-electron chi connectivity index (χ4n) is 0.683. The average Bonchev–Trinajstić information content (AvgIpc) is 1.97. The van der Waals surface area contributed by atoms with E-state index in [9.17, 15) is 0 Å². The SMILES string of the molecule is CCCCN[C@@H](CS)C(O)=S. The average molecular weight is 193 g/mol. The molecule has 0 heterocycles. The van der Waals surface area contributed by atoms with Crippen molar-refractivity contribution < 1.29 is 5.11 Å². The van der Waals surface area contributed by atoms with Crippen LogP contribution in [-0.4, -0.2) is 28.5 Å². The van der Waals surface area contributed by atoms with Crippen LogP contribution in [0.15, 0.2) is 0 Å². The maximum atomic E-state index is 8.93. The molecule has 0 saturated carbocycles. The molecule has 0 aliphatic rings. The molecule has 0 radical (unpaired) electrons. The number of rotatable bonds is 6. The Bertz CT molecular complexity index is 119. The van der Waals surface area contributed by atoms with Crippen molar-refractivity contribution in [1.29, 1.82) is 0 Å². The standard InChI is InChI=1S/C7H15NOS2/c1-2-3-4-8-6(5-10)7(9)11/h6,8,10H,2-5H2,1H3,(H,9,11)/t6-/m0/s1. The first-order valence-corrected chi connectivity index (χ1v) is 4.83. The second kappa shape index (κ2) is 6.88. The van der Waals surface area contributed by atoms with E-state index in [1.807, 2.05) is 0 Å². The molecule has 0 amide bonds. The zero-order valence-corrected chi connectivity index (χ0v) is 8.42. The topological polar surface area (TPSA) is 32.3 Å². The van der Waals surface area contributed by atoms with Crippen molar-refractivity contribution in [2.45, 2.75) is 25.8 Å². The number of hydrogen-bond donors (Lipinski definition) is 3. The summed E-state index contributed by atoms with van der Waals surface area (Å²) in [4.78, 5) is 0. The van der Waals surface area contributed by atoms with Crippen molar-refractivity contribution in [2.75, 3.05) is 12.3 Å². The number of aliphatic hydroxyl groups excluding tert-OH is 1. The van der Waals surface area contributed by atoms with Gasteiger partial charge in [0.25, 0.3) is 0 Å². The van der Waals surface area contributed by atoms with Crippen LogP contribution >= 0.6 is 24.8 Å². The normalized spacial score (nSPS) is 12.9. The minimum atomic E-state index is -0.125. The van der Waals surface area contributed by atoms with Gasteiger partial charge in [0.1, 0.15) is 0 Å². The third-order valence-electron chi connectivity index (χ3n) is 1.40. The van der Waals surface area contributed by atoms with E-state index in [1.165, 1.54) is 0 Å². The molecule has 2 nitrogen and oxygen atoms in total. The summed E-state index contributed by atoms with van der Waals surface area (Å²) in [5.41, 5.74) is 0. The molecule has 0 bridgehead atoms. The molecule has 4 heteroatoms. The highest BCUT2D eigenvalue weighted by Crippen LogP contribution is 1.92. The van der Waals surface area contributed by atoms with Crippen molar-refractivity contribution in [3.8, 4) is 0 Å². The van der Waals surface area contributed by atoms with Crippen LogP contribution in [0.5, 0.6) is 0 Å². The molecule has 0 aliphatic carbocycles. The highest BCUT2D eigenvalue weighted by atomic mass is 32.1. The maximum Gasteiger partial charge on any atom is 0.174 e. The molecule has 0 aromatic carbocycles. The molecule has 0 unspecified atom stereocenters. The van der Waals surface area contributed by atoms with Crippen molar-refractivity contribution in [3.05, 3.63) is 0 Å². The largest absolute Gasteiger partial charge is 0.501 e. The van der Waals surface area contributed by atoms with Crippen molar-refractivity contribution in [3.63, 3.8) is 0 Å². The number of aliphatic hydroxyl groups is 1. The zero-order valence-electron chi connectivity index (χ0n) is 6.71. The fraction of sp³-hybridized carbons (Fsp3) is 0.857. The van der Waals surface area contributed by atoms with Gasteiger partial charge in [0.05, 0.1) is 6.04 Å². The molecular weight excluding hydrogens is 178 g/mol. The first kappa shape index (κ1) is 11.2. The Balaban J connectivity index is 3.44. The van der Waals surface area contributed by atoms with E-state index < -0.39 is 0 Å². The van der Waals surface area contributed by atoms with Crippen LogP contribution in [0.1, 0.15) is 19.8 Å². The number of hydrogen-bond acceptors (Lipinski definition) is 3. The van der Waals surface area contributed by atoms with E-state index >= 15 is 0 Å². The van der Waals surface area contributed by atoms with Crippen molar-refractivity contribution >= 4 is 29.9 Å². The van der Waals surface area contributed by atoms with Gasteiger partial charge in [-0.25, -0.2) is 0 Å². The first-order valence-electron chi connectivity index (χ1n) is 3.79. The third-order valence-corrected chi connectivity index (χ3v) is 2.05. The second-order valence-electron chi connectivity index (χ2n) is 2.38. The van der Waals surface area contributed by atoms with Crippen LogP contribution in [-0.2, 0) is 0 Å². The van der Waals surface area contributed by atoms with Gasteiger partial charge in [-0.15, -0.1) is 0 Å². The van der Waals surface area contributed by atoms with Crippen LogP contribution in [0.25, 0.3) is 0 Å². The molecule has 66 valence electrons. The number of nitrogens with one attached hydrogen (secondary N) is 1. The molecule has 0 saturated heterocycles. The van der Waals surface area contributed by atoms with Gasteiger partial charge in [0.2, 0.25) is 0 Å². The van der Waals surface area contributed by atoms with E-state index in [2.05, 4.69) is 37.1 Å². The minimum absolute atomic E-state index is 0.0103. The predicted octanol–water partition coefficient (Wildman–Crippen LogP) is 1.56. The lowest BCUT2D eigenvalue weighted by atomic mass is 10.3. The quantitative estimate of drug-likeness (QED) is 0.340. The lowest BCUT2D eigenvalue weighted by molar-refractivity contribution is 0.503. The van der Waals surface area contributed by atoms with Gasteiger partial charge < -0.3 is 10.4 Å². The molecule has 11 heavy (non-hydrogen) atoms. The molecule has 0 spiro atoms. The van der Waals surface area contributed by atoms with Crippen molar-refractivity contribution in [2.24, 2.45) is 0 Å².